The van der Waals surface area contributed by atoms with Gasteiger partial charge in [0.05, 0.1) is 10.6 Å². The third-order valence-electron chi connectivity index (χ3n) is 2.87. The Morgan fingerprint density at radius 1 is 1.18 bits per heavy atom. The first-order valence-electron chi connectivity index (χ1n) is 6.60. The van der Waals surface area contributed by atoms with Crippen molar-refractivity contribution in [3.8, 4) is 0 Å². The Hall–Kier alpha value is -2.48. The Morgan fingerprint density at radius 2 is 1.91 bits per heavy atom. The molecule has 1 heterocycles. The molecule has 8 heteroatoms. The van der Waals surface area contributed by atoms with Crippen molar-refractivity contribution >= 4 is 21.6 Å². The van der Waals surface area contributed by atoms with Gasteiger partial charge in [-0.25, -0.2) is 18.2 Å². The number of sulfone groups is 1. The van der Waals surface area contributed by atoms with E-state index in [1.807, 2.05) is 0 Å². The van der Waals surface area contributed by atoms with Gasteiger partial charge in [-0.1, -0.05) is 18.2 Å². The van der Waals surface area contributed by atoms with Crippen LogP contribution >= 0.6 is 0 Å². The van der Waals surface area contributed by atoms with Crippen LogP contribution in [0, 0.1) is 0 Å². The monoisotopic (exact) mass is 321 g/mol. The quantitative estimate of drug-likeness (QED) is 0.823. The number of hydrogen-bond acceptors (Lipinski definition) is 5. The van der Waals surface area contributed by atoms with Gasteiger partial charge in [-0.2, -0.15) is 0 Å². The number of aromatic nitrogens is 2. The lowest BCUT2D eigenvalue weighted by Crippen LogP contribution is -2.18. The molecule has 116 valence electrons. The maximum atomic E-state index is 12.0. The fourth-order valence-corrected chi connectivity index (χ4v) is 3.15. The lowest BCUT2D eigenvalue weighted by molar-refractivity contribution is -0.116. The van der Waals surface area contributed by atoms with Gasteiger partial charge in [-0.05, 0) is 24.6 Å². The Morgan fingerprint density at radius 3 is 2.59 bits per heavy atom. The summed E-state index contributed by atoms with van der Waals surface area (Å²) in [7, 11) is -3.38. The molecule has 0 spiro atoms. The van der Waals surface area contributed by atoms with Crippen LogP contribution in [0.15, 0.2) is 52.3 Å². The molecule has 22 heavy (non-hydrogen) atoms. The molecule has 0 aliphatic carbocycles. The number of hydrogen-bond donors (Lipinski definition) is 2. The predicted molar refractivity (Wildman–Crippen MR) is 81.2 cm³/mol. The van der Waals surface area contributed by atoms with Crippen LogP contribution < -0.4 is 11.0 Å². The van der Waals surface area contributed by atoms with Crippen molar-refractivity contribution in [2.45, 2.75) is 17.7 Å². The molecule has 0 unspecified atom stereocenters. The molecule has 0 bridgehead atoms. The van der Waals surface area contributed by atoms with Crippen molar-refractivity contribution in [1.29, 1.82) is 0 Å². The largest absolute Gasteiger partial charge is 0.346 e. The Labute approximate surface area is 127 Å². The van der Waals surface area contributed by atoms with E-state index in [2.05, 4.69) is 15.3 Å². The highest BCUT2D eigenvalue weighted by molar-refractivity contribution is 7.91. The topological polar surface area (TPSA) is 109 Å². The standard InChI is InChI=1S/C14H15N3O4S/c18-13(16-12-8-9-15-14(19)17-12)7-4-10-22(20,21)11-5-2-1-3-6-11/h1-3,5-6,8-9H,4,7,10H2,(H2,15,16,17,18,19). The molecule has 2 N–H and O–H groups in total. The van der Waals surface area contributed by atoms with E-state index in [0.717, 1.165) is 0 Å². The maximum absolute atomic E-state index is 12.0. The zero-order valence-electron chi connectivity index (χ0n) is 11.7. The summed E-state index contributed by atoms with van der Waals surface area (Å²) in [5.74, 6) is -0.252. The van der Waals surface area contributed by atoms with Crippen molar-refractivity contribution in [3.63, 3.8) is 0 Å². The molecule has 2 aromatic rings. The minimum Gasteiger partial charge on any atom is -0.312 e. The second-order valence-electron chi connectivity index (χ2n) is 4.57. The molecule has 1 amide bonds. The van der Waals surface area contributed by atoms with Crippen LogP contribution in [0.2, 0.25) is 0 Å². The van der Waals surface area contributed by atoms with Crippen LogP contribution in [-0.4, -0.2) is 30.0 Å². The van der Waals surface area contributed by atoms with E-state index >= 15 is 0 Å². The third-order valence-corrected chi connectivity index (χ3v) is 4.68. The summed E-state index contributed by atoms with van der Waals surface area (Å²) in [5, 5.41) is 2.48. The van der Waals surface area contributed by atoms with Crippen molar-refractivity contribution in [2.75, 3.05) is 11.1 Å². The van der Waals surface area contributed by atoms with Gasteiger partial charge in [0.25, 0.3) is 0 Å². The lowest BCUT2D eigenvalue weighted by Gasteiger charge is -2.05. The number of carbonyl (C=O) groups is 1. The number of H-pyrrole nitrogens is 1. The van der Waals surface area contributed by atoms with E-state index in [4.69, 9.17) is 0 Å². The van der Waals surface area contributed by atoms with Crippen molar-refractivity contribution < 1.29 is 13.2 Å². The highest BCUT2D eigenvalue weighted by Gasteiger charge is 2.14. The molecule has 1 aromatic heterocycles. The fourth-order valence-electron chi connectivity index (χ4n) is 1.82. The van der Waals surface area contributed by atoms with Gasteiger partial charge >= 0.3 is 5.69 Å². The van der Waals surface area contributed by atoms with Crippen LogP contribution in [0.1, 0.15) is 12.8 Å². The highest BCUT2D eigenvalue weighted by Crippen LogP contribution is 2.12. The first kappa shape index (κ1) is 15.9. The van der Waals surface area contributed by atoms with Gasteiger partial charge in [0, 0.05) is 12.6 Å². The molecule has 7 nitrogen and oxygen atoms in total. The van der Waals surface area contributed by atoms with Crippen molar-refractivity contribution in [1.82, 2.24) is 9.97 Å². The predicted octanol–water partition coefficient (Wildman–Crippen LogP) is 0.962. The van der Waals surface area contributed by atoms with Gasteiger partial charge in [0.1, 0.15) is 5.82 Å². The molecule has 0 fully saturated rings. The normalized spacial score (nSPS) is 11.1. The van der Waals surface area contributed by atoms with E-state index in [1.165, 1.54) is 24.4 Å². The van der Waals surface area contributed by atoms with Gasteiger partial charge in [-0.3, -0.25) is 9.78 Å². The van der Waals surface area contributed by atoms with Gasteiger partial charge in [0.2, 0.25) is 5.91 Å². The summed E-state index contributed by atoms with van der Waals surface area (Å²) in [6, 6.07) is 9.54. The minimum absolute atomic E-state index is 0.0381. The molecular weight excluding hydrogens is 306 g/mol. The number of nitrogens with one attached hydrogen (secondary N) is 2. The summed E-state index contributed by atoms with van der Waals surface area (Å²) >= 11 is 0. The zero-order chi connectivity index (χ0) is 16.0. The SMILES string of the molecule is O=C(CCCS(=O)(=O)c1ccccc1)Nc1ccnc(=O)[nH]1. The number of anilines is 1. The summed E-state index contributed by atoms with van der Waals surface area (Å²) < 4.78 is 24.1. The number of aromatic amines is 1. The third kappa shape index (κ3) is 4.52. The summed E-state index contributed by atoms with van der Waals surface area (Å²) in [4.78, 5) is 28.7. The first-order chi connectivity index (χ1) is 10.5. The highest BCUT2D eigenvalue weighted by atomic mass is 32.2. The molecule has 1 aromatic carbocycles. The van der Waals surface area contributed by atoms with E-state index in [9.17, 15) is 18.0 Å². The maximum Gasteiger partial charge on any atom is 0.346 e. The summed E-state index contributed by atoms with van der Waals surface area (Å²) in [6.07, 6.45) is 1.50. The first-order valence-corrected chi connectivity index (χ1v) is 8.25. The van der Waals surface area contributed by atoms with E-state index in [-0.39, 0.29) is 35.2 Å². The fraction of sp³-hybridized carbons (Fsp3) is 0.214. The van der Waals surface area contributed by atoms with Gasteiger partial charge in [0.15, 0.2) is 9.84 Å². The van der Waals surface area contributed by atoms with E-state index in [1.54, 1.807) is 18.2 Å². The Bertz CT molecular complexity index is 800. The zero-order valence-corrected chi connectivity index (χ0v) is 12.5. The summed E-state index contributed by atoms with van der Waals surface area (Å²) in [6.45, 7) is 0. The molecule has 0 radical (unpaired) electrons. The molecular formula is C14H15N3O4S. The van der Waals surface area contributed by atoms with Crippen LogP contribution in [0.3, 0.4) is 0 Å². The van der Waals surface area contributed by atoms with Gasteiger partial charge < -0.3 is 5.32 Å². The average Bonchev–Trinajstić information content (AvgIpc) is 2.48. The number of carbonyl (C=O) groups excluding carboxylic acids is 1. The molecule has 0 aliphatic rings. The number of nitrogens with zero attached hydrogens (tertiary/aromatic N) is 1. The average molecular weight is 321 g/mol. The van der Waals surface area contributed by atoms with Gasteiger partial charge in [-0.15, -0.1) is 0 Å². The summed E-state index contributed by atoms with van der Waals surface area (Å²) in [5.41, 5.74) is -0.565. The van der Waals surface area contributed by atoms with Crippen molar-refractivity contribution in [3.05, 3.63) is 53.1 Å². The Balaban J connectivity index is 1.86. The van der Waals surface area contributed by atoms with E-state index in [0.29, 0.717) is 0 Å². The van der Waals surface area contributed by atoms with Crippen LogP contribution in [0.5, 0.6) is 0 Å². The molecule has 0 saturated heterocycles. The number of rotatable bonds is 6. The van der Waals surface area contributed by atoms with Crippen LogP contribution in [0.25, 0.3) is 0 Å². The molecule has 0 aliphatic heterocycles. The van der Waals surface area contributed by atoms with Crippen LogP contribution in [-0.2, 0) is 14.6 Å². The van der Waals surface area contributed by atoms with Crippen molar-refractivity contribution in [2.24, 2.45) is 0 Å². The van der Waals surface area contributed by atoms with Crippen LogP contribution in [0.4, 0.5) is 5.82 Å². The minimum atomic E-state index is -3.38. The second kappa shape index (κ2) is 6.99. The number of amides is 1. The lowest BCUT2D eigenvalue weighted by atomic mass is 10.3. The molecule has 0 atom stereocenters. The second-order valence-corrected chi connectivity index (χ2v) is 6.68. The smallest absolute Gasteiger partial charge is 0.312 e. The molecule has 0 saturated carbocycles. The number of benzene rings is 1. The molecule has 2 rings (SSSR count). The van der Waals surface area contributed by atoms with E-state index < -0.39 is 15.5 Å². The Kier molecular flexibility index (Phi) is 5.05.